The van der Waals surface area contributed by atoms with E-state index in [2.05, 4.69) is 5.32 Å². The van der Waals surface area contributed by atoms with Crippen molar-refractivity contribution in [1.82, 2.24) is 10.2 Å². The number of hydrogen-bond donors (Lipinski definition) is 1. The van der Waals surface area contributed by atoms with Crippen molar-refractivity contribution in [2.24, 2.45) is 0 Å². The number of likely N-dealkylation sites (N-methyl/N-ethyl adjacent to an activating group) is 1. The Labute approximate surface area is 200 Å². The van der Waals surface area contributed by atoms with Gasteiger partial charge in [-0.2, -0.15) is 0 Å². The second-order valence-electron chi connectivity index (χ2n) is 7.71. The number of methoxy groups -OCH3 is 1. The molecule has 0 aliphatic carbocycles. The highest BCUT2D eigenvalue weighted by molar-refractivity contribution is 5.85. The maximum atomic E-state index is 13.2. The Balaban J connectivity index is 1.59. The molecule has 1 atom stereocenters. The van der Waals surface area contributed by atoms with Crippen LogP contribution in [0.3, 0.4) is 0 Å². The molecule has 3 rings (SSSR count). The SMILES string of the molecule is COc1ccccc1OCCN(C)C(=O)C(Cc1ccccc1)NC(=O)OCc1ccccc1. The second kappa shape index (κ2) is 12.9. The van der Waals surface area contributed by atoms with Crippen LogP contribution in [-0.2, 0) is 22.6 Å². The lowest BCUT2D eigenvalue weighted by atomic mass is 10.1. The van der Waals surface area contributed by atoms with Crippen molar-refractivity contribution in [3.63, 3.8) is 0 Å². The summed E-state index contributed by atoms with van der Waals surface area (Å²) in [6, 6.07) is 25.5. The highest BCUT2D eigenvalue weighted by atomic mass is 16.5. The van der Waals surface area contributed by atoms with Crippen LogP contribution in [0.5, 0.6) is 11.5 Å². The van der Waals surface area contributed by atoms with E-state index in [0.29, 0.717) is 24.5 Å². The van der Waals surface area contributed by atoms with Crippen molar-refractivity contribution in [1.29, 1.82) is 0 Å². The first-order valence-corrected chi connectivity index (χ1v) is 11.1. The molecule has 1 N–H and O–H groups in total. The third-order valence-corrected chi connectivity index (χ3v) is 5.22. The minimum Gasteiger partial charge on any atom is -0.493 e. The van der Waals surface area contributed by atoms with Gasteiger partial charge in [-0.3, -0.25) is 4.79 Å². The maximum Gasteiger partial charge on any atom is 0.408 e. The molecule has 0 aromatic heterocycles. The topological polar surface area (TPSA) is 77.1 Å². The molecule has 0 aliphatic rings. The van der Waals surface area contributed by atoms with E-state index >= 15 is 0 Å². The predicted octanol–water partition coefficient (Wildman–Crippen LogP) is 4.07. The molecule has 0 saturated heterocycles. The minimum absolute atomic E-state index is 0.126. The summed E-state index contributed by atoms with van der Waals surface area (Å²) < 4.78 is 16.4. The first-order valence-electron chi connectivity index (χ1n) is 11.1. The number of nitrogens with one attached hydrogen (secondary N) is 1. The first-order chi connectivity index (χ1) is 16.6. The fraction of sp³-hybridized carbons (Fsp3) is 0.259. The average Bonchev–Trinajstić information content (AvgIpc) is 2.88. The lowest BCUT2D eigenvalue weighted by Crippen LogP contribution is -2.49. The van der Waals surface area contributed by atoms with Gasteiger partial charge in [-0.15, -0.1) is 0 Å². The number of amides is 2. The predicted molar refractivity (Wildman–Crippen MR) is 130 cm³/mol. The molecule has 0 aliphatic heterocycles. The number of hydrogen-bond acceptors (Lipinski definition) is 5. The quantitative estimate of drug-likeness (QED) is 0.465. The van der Waals surface area contributed by atoms with Gasteiger partial charge >= 0.3 is 6.09 Å². The Morgan fingerprint density at radius 3 is 2.09 bits per heavy atom. The fourth-order valence-corrected chi connectivity index (χ4v) is 3.36. The van der Waals surface area contributed by atoms with E-state index in [4.69, 9.17) is 14.2 Å². The zero-order chi connectivity index (χ0) is 24.2. The molecule has 0 bridgehead atoms. The van der Waals surface area contributed by atoms with E-state index < -0.39 is 12.1 Å². The van der Waals surface area contributed by atoms with Crippen molar-refractivity contribution in [2.45, 2.75) is 19.1 Å². The summed E-state index contributed by atoms with van der Waals surface area (Å²) in [5.41, 5.74) is 1.80. The number of ether oxygens (including phenoxy) is 3. The van der Waals surface area contributed by atoms with Crippen LogP contribution in [0.15, 0.2) is 84.9 Å². The number of carbonyl (C=O) groups excluding carboxylic acids is 2. The Hall–Kier alpha value is -4.00. The number of carbonyl (C=O) groups is 2. The van der Waals surface area contributed by atoms with Crippen molar-refractivity contribution >= 4 is 12.0 Å². The third kappa shape index (κ3) is 7.55. The highest BCUT2D eigenvalue weighted by Gasteiger charge is 2.25. The van der Waals surface area contributed by atoms with Crippen molar-refractivity contribution in [3.05, 3.63) is 96.1 Å². The Bertz CT molecular complexity index is 1040. The van der Waals surface area contributed by atoms with E-state index in [-0.39, 0.29) is 19.1 Å². The Morgan fingerprint density at radius 1 is 0.853 bits per heavy atom. The molecule has 0 fully saturated rings. The van der Waals surface area contributed by atoms with Gasteiger partial charge in [0.25, 0.3) is 0 Å². The molecule has 2 amide bonds. The average molecular weight is 463 g/mol. The van der Waals surface area contributed by atoms with Gasteiger partial charge < -0.3 is 24.4 Å². The zero-order valence-electron chi connectivity index (χ0n) is 19.5. The molecule has 3 aromatic rings. The van der Waals surface area contributed by atoms with Crippen LogP contribution in [0, 0.1) is 0 Å². The van der Waals surface area contributed by atoms with Gasteiger partial charge in [-0.1, -0.05) is 72.8 Å². The van der Waals surface area contributed by atoms with Gasteiger partial charge in [0.05, 0.1) is 13.7 Å². The molecule has 7 heteroatoms. The Morgan fingerprint density at radius 2 is 1.44 bits per heavy atom. The van der Waals surface area contributed by atoms with Gasteiger partial charge in [-0.25, -0.2) is 4.79 Å². The molecule has 178 valence electrons. The first kappa shape index (κ1) is 24.6. The fourth-order valence-electron chi connectivity index (χ4n) is 3.36. The molecule has 3 aromatic carbocycles. The van der Waals surface area contributed by atoms with E-state index in [1.54, 1.807) is 19.1 Å². The van der Waals surface area contributed by atoms with Crippen LogP contribution < -0.4 is 14.8 Å². The number of para-hydroxylation sites is 2. The number of nitrogens with zero attached hydrogens (tertiary/aromatic N) is 1. The molecule has 0 radical (unpaired) electrons. The van der Waals surface area contributed by atoms with Crippen LogP contribution in [0.4, 0.5) is 4.79 Å². The Kier molecular flexibility index (Phi) is 9.34. The molecular formula is C27H30N2O5. The minimum atomic E-state index is -0.776. The lowest BCUT2D eigenvalue weighted by Gasteiger charge is -2.25. The van der Waals surface area contributed by atoms with Crippen molar-refractivity contribution < 1.29 is 23.8 Å². The molecular weight excluding hydrogens is 432 g/mol. The molecule has 0 heterocycles. The van der Waals surface area contributed by atoms with Gasteiger partial charge in [0.2, 0.25) is 5.91 Å². The van der Waals surface area contributed by atoms with Crippen molar-refractivity contribution in [3.8, 4) is 11.5 Å². The number of rotatable bonds is 11. The summed E-state index contributed by atoms with van der Waals surface area (Å²) in [6.07, 6.45) is -0.297. The normalized spacial score (nSPS) is 11.2. The summed E-state index contributed by atoms with van der Waals surface area (Å²) >= 11 is 0. The van der Waals surface area contributed by atoms with E-state index in [9.17, 15) is 9.59 Å². The van der Waals surface area contributed by atoms with E-state index in [1.807, 2.05) is 84.9 Å². The van der Waals surface area contributed by atoms with E-state index in [0.717, 1.165) is 11.1 Å². The largest absolute Gasteiger partial charge is 0.493 e. The standard InChI is InChI=1S/C27H30N2O5/c1-29(17-18-33-25-16-10-9-15-24(25)32-2)26(30)23(19-21-11-5-3-6-12-21)28-27(31)34-20-22-13-7-4-8-14-22/h3-16,23H,17-20H2,1-2H3,(H,28,31). The molecule has 0 saturated carbocycles. The van der Waals surface area contributed by atoms with Crippen LogP contribution in [0.2, 0.25) is 0 Å². The third-order valence-electron chi connectivity index (χ3n) is 5.22. The number of benzene rings is 3. The van der Waals surface area contributed by atoms with Gasteiger partial charge in [0, 0.05) is 13.5 Å². The van der Waals surface area contributed by atoms with Gasteiger partial charge in [0.15, 0.2) is 11.5 Å². The maximum absolute atomic E-state index is 13.2. The second-order valence-corrected chi connectivity index (χ2v) is 7.71. The molecule has 0 spiro atoms. The highest BCUT2D eigenvalue weighted by Crippen LogP contribution is 2.25. The van der Waals surface area contributed by atoms with Crippen LogP contribution >= 0.6 is 0 Å². The zero-order valence-corrected chi connectivity index (χ0v) is 19.5. The van der Waals surface area contributed by atoms with Crippen LogP contribution in [0.25, 0.3) is 0 Å². The van der Waals surface area contributed by atoms with Crippen LogP contribution in [0.1, 0.15) is 11.1 Å². The molecule has 34 heavy (non-hydrogen) atoms. The summed E-state index contributed by atoms with van der Waals surface area (Å²) in [6.45, 7) is 0.740. The van der Waals surface area contributed by atoms with Crippen molar-refractivity contribution in [2.75, 3.05) is 27.3 Å². The summed E-state index contributed by atoms with van der Waals surface area (Å²) in [7, 11) is 3.26. The monoisotopic (exact) mass is 462 g/mol. The van der Waals surface area contributed by atoms with Crippen LogP contribution in [-0.4, -0.2) is 50.3 Å². The molecule has 1 unspecified atom stereocenters. The smallest absolute Gasteiger partial charge is 0.408 e. The van der Waals surface area contributed by atoms with Gasteiger partial charge in [0.1, 0.15) is 19.3 Å². The van der Waals surface area contributed by atoms with E-state index in [1.165, 1.54) is 0 Å². The van der Waals surface area contributed by atoms with Gasteiger partial charge in [-0.05, 0) is 23.3 Å². The summed E-state index contributed by atoms with van der Waals surface area (Å²) in [4.78, 5) is 27.2. The summed E-state index contributed by atoms with van der Waals surface area (Å²) in [5.74, 6) is 1.000. The summed E-state index contributed by atoms with van der Waals surface area (Å²) in [5, 5.41) is 2.73. The number of alkyl carbamates (subject to hydrolysis) is 1. The lowest BCUT2D eigenvalue weighted by molar-refractivity contribution is -0.132. The molecule has 7 nitrogen and oxygen atoms in total.